The Morgan fingerprint density at radius 2 is 0.895 bits per heavy atom. The van der Waals surface area contributed by atoms with Gasteiger partial charge in [-0.15, -0.1) is 0 Å². The Hall–Kier alpha value is -5.08. The summed E-state index contributed by atoms with van der Waals surface area (Å²) in [5.74, 6) is 0. The molecule has 2 aromatic heterocycles. The largest absolute Gasteiger partial charge is 0.456 e. The van der Waals surface area contributed by atoms with Crippen molar-refractivity contribution >= 4 is 76.2 Å². The van der Waals surface area contributed by atoms with Crippen molar-refractivity contribution in [2.45, 2.75) is 0 Å². The molecule has 38 heavy (non-hydrogen) atoms. The molecule has 0 N–H and O–H groups in total. The molecule has 0 aliphatic rings. The van der Waals surface area contributed by atoms with Gasteiger partial charge in [0.2, 0.25) is 0 Å². The molecule has 7 aromatic carbocycles. The smallest absolute Gasteiger partial charge is 0.136 e. The standard InChI is InChI=1S/C36H20O2/c1-2-8-25-21(7-1)15-30(27-10-4-3-9-26(25)27)22-13-14-29-32-17-23-16-31-28-11-5-6-12-33(28)37-35(31)19-24(23)20-36(32)38-34(29)18-22/h1-20H. The van der Waals surface area contributed by atoms with Gasteiger partial charge in [-0.3, -0.25) is 0 Å². The van der Waals surface area contributed by atoms with Crippen LogP contribution >= 0.6 is 0 Å². The molecular formula is C36H20O2. The molecule has 9 rings (SSSR count). The first-order chi connectivity index (χ1) is 18.8. The predicted octanol–water partition coefficient (Wildman–Crippen LogP) is 10.6. The SMILES string of the molecule is c1ccc2c(c1)cc(-c1ccc3c(c1)oc1cc4cc5oc6ccccc6c5cc4cc13)c1ccccc12. The number of rotatable bonds is 1. The molecule has 0 saturated heterocycles. The van der Waals surface area contributed by atoms with Gasteiger partial charge in [0.1, 0.15) is 22.3 Å². The predicted molar refractivity (Wildman–Crippen MR) is 159 cm³/mol. The van der Waals surface area contributed by atoms with E-state index in [0.717, 1.165) is 54.8 Å². The zero-order chi connectivity index (χ0) is 24.8. The summed E-state index contributed by atoms with van der Waals surface area (Å²) < 4.78 is 12.6. The van der Waals surface area contributed by atoms with E-state index >= 15 is 0 Å². The van der Waals surface area contributed by atoms with E-state index in [1.165, 1.54) is 32.5 Å². The topological polar surface area (TPSA) is 26.3 Å². The summed E-state index contributed by atoms with van der Waals surface area (Å²) in [6.45, 7) is 0. The second kappa shape index (κ2) is 7.24. The Kier molecular flexibility index (Phi) is 3.82. The fourth-order valence-electron chi connectivity index (χ4n) is 6.20. The van der Waals surface area contributed by atoms with Crippen LogP contribution in [-0.2, 0) is 0 Å². The summed E-state index contributed by atoms with van der Waals surface area (Å²) >= 11 is 0. The van der Waals surface area contributed by atoms with Crippen molar-refractivity contribution in [2.24, 2.45) is 0 Å². The molecule has 0 spiro atoms. The van der Waals surface area contributed by atoms with Gasteiger partial charge in [-0.2, -0.15) is 0 Å². The minimum Gasteiger partial charge on any atom is -0.456 e. The van der Waals surface area contributed by atoms with Crippen molar-refractivity contribution in [1.29, 1.82) is 0 Å². The zero-order valence-electron chi connectivity index (χ0n) is 20.4. The maximum atomic E-state index is 6.46. The average molecular weight is 485 g/mol. The van der Waals surface area contributed by atoms with Crippen LogP contribution in [0.15, 0.2) is 130 Å². The summed E-state index contributed by atoms with van der Waals surface area (Å²) in [5, 5.41) is 11.9. The molecule has 0 bridgehead atoms. The van der Waals surface area contributed by atoms with Crippen LogP contribution in [0.4, 0.5) is 0 Å². The monoisotopic (exact) mass is 484 g/mol. The summed E-state index contributed by atoms with van der Waals surface area (Å²) in [6, 6.07) is 43.2. The van der Waals surface area contributed by atoms with Crippen molar-refractivity contribution in [1.82, 2.24) is 0 Å². The van der Waals surface area contributed by atoms with E-state index in [4.69, 9.17) is 8.83 Å². The van der Waals surface area contributed by atoms with Gasteiger partial charge in [0, 0.05) is 21.5 Å². The molecule has 0 unspecified atom stereocenters. The summed E-state index contributed by atoms with van der Waals surface area (Å²) in [6.07, 6.45) is 0. The molecule has 0 amide bonds. The van der Waals surface area contributed by atoms with E-state index in [1.54, 1.807) is 0 Å². The van der Waals surface area contributed by atoms with E-state index in [-0.39, 0.29) is 0 Å². The minimum atomic E-state index is 0.892. The van der Waals surface area contributed by atoms with Crippen LogP contribution in [0.1, 0.15) is 0 Å². The van der Waals surface area contributed by atoms with Gasteiger partial charge in [-0.1, -0.05) is 72.8 Å². The third-order valence-electron chi connectivity index (χ3n) is 8.01. The van der Waals surface area contributed by atoms with Crippen LogP contribution < -0.4 is 0 Å². The molecular weight excluding hydrogens is 464 g/mol. The lowest BCUT2D eigenvalue weighted by molar-refractivity contribution is 0.668. The van der Waals surface area contributed by atoms with Crippen LogP contribution in [0.2, 0.25) is 0 Å². The zero-order valence-corrected chi connectivity index (χ0v) is 20.4. The Bertz CT molecular complexity index is 2400. The second-order valence-corrected chi connectivity index (χ2v) is 10.1. The molecule has 0 aliphatic heterocycles. The number of hydrogen-bond donors (Lipinski definition) is 0. The first kappa shape index (κ1) is 20.0. The molecule has 0 fully saturated rings. The van der Waals surface area contributed by atoms with E-state index in [0.29, 0.717) is 0 Å². The lowest BCUT2D eigenvalue weighted by Gasteiger charge is -2.11. The van der Waals surface area contributed by atoms with Crippen molar-refractivity contribution in [3.8, 4) is 11.1 Å². The van der Waals surface area contributed by atoms with Crippen LogP contribution in [0.5, 0.6) is 0 Å². The van der Waals surface area contributed by atoms with Crippen molar-refractivity contribution < 1.29 is 8.83 Å². The van der Waals surface area contributed by atoms with E-state index in [1.807, 2.05) is 12.1 Å². The highest BCUT2D eigenvalue weighted by atomic mass is 16.3. The first-order valence-corrected chi connectivity index (χ1v) is 12.9. The highest BCUT2D eigenvalue weighted by molar-refractivity contribution is 6.17. The van der Waals surface area contributed by atoms with Crippen LogP contribution in [-0.4, -0.2) is 0 Å². The second-order valence-electron chi connectivity index (χ2n) is 10.1. The van der Waals surface area contributed by atoms with Gasteiger partial charge in [-0.05, 0) is 92.0 Å². The molecule has 0 atom stereocenters. The van der Waals surface area contributed by atoms with Gasteiger partial charge >= 0.3 is 0 Å². The summed E-state index contributed by atoms with van der Waals surface area (Å²) in [5.41, 5.74) is 5.99. The van der Waals surface area contributed by atoms with E-state index in [9.17, 15) is 0 Å². The lowest BCUT2D eigenvalue weighted by Crippen LogP contribution is -1.84. The van der Waals surface area contributed by atoms with E-state index < -0.39 is 0 Å². The quantitative estimate of drug-likeness (QED) is 0.217. The van der Waals surface area contributed by atoms with Crippen molar-refractivity contribution in [3.05, 3.63) is 121 Å². The molecule has 0 aliphatic carbocycles. The number of furan rings is 2. The fraction of sp³-hybridized carbons (Fsp3) is 0. The number of hydrogen-bond acceptors (Lipinski definition) is 2. The third kappa shape index (κ3) is 2.72. The molecule has 2 nitrogen and oxygen atoms in total. The Labute approximate surface area is 217 Å². The number of fused-ring (bicyclic) bond motifs is 10. The Morgan fingerprint density at radius 1 is 0.316 bits per heavy atom. The molecule has 176 valence electrons. The number of para-hydroxylation sites is 1. The van der Waals surface area contributed by atoms with Crippen LogP contribution in [0.25, 0.3) is 87.3 Å². The Balaban J connectivity index is 1.28. The molecule has 0 radical (unpaired) electrons. The van der Waals surface area contributed by atoms with E-state index in [2.05, 4.69) is 109 Å². The van der Waals surface area contributed by atoms with Crippen molar-refractivity contribution in [3.63, 3.8) is 0 Å². The summed E-state index contributed by atoms with van der Waals surface area (Å²) in [4.78, 5) is 0. The van der Waals surface area contributed by atoms with Gasteiger partial charge in [0.05, 0.1) is 0 Å². The van der Waals surface area contributed by atoms with Crippen molar-refractivity contribution in [2.75, 3.05) is 0 Å². The lowest BCUT2D eigenvalue weighted by atomic mass is 9.93. The molecule has 9 aromatic rings. The normalized spacial score (nSPS) is 12.2. The maximum absolute atomic E-state index is 6.46. The minimum absolute atomic E-state index is 0.892. The first-order valence-electron chi connectivity index (χ1n) is 12.9. The van der Waals surface area contributed by atoms with Crippen LogP contribution in [0, 0.1) is 0 Å². The molecule has 2 heterocycles. The van der Waals surface area contributed by atoms with Gasteiger partial charge < -0.3 is 8.83 Å². The third-order valence-corrected chi connectivity index (χ3v) is 8.01. The van der Waals surface area contributed by atoms with Crippen LogP contribution in [0.3, 0.4) is 0 Å². The maximum Gasteiger partial charge on any atom is 0.136 e. The fourth-order valence-corrected chi connectivity index (χ4v) is 6.20. The summed E-state index contributed by atoms with van der Waals surface area (Å²) in [7, 11) is 0. The highest BCUT2D eigenvalue weighted by Gasteiger charge is 2.14. The Morgan fingerprint density at radius 3 is 1.71 bits per heavy atom. The molecule has 2 heteroatoms. The van der Waals surface area contributed by atoms with Gasteiger partial charge in [0.25, 0.3) is 0 Å². The van der Waals surface area contributed by atoms with Gasteiger partial charge in [-0.25, -0.2) is 0 Å². The van der Waals surface area contributed by atoms with Gasteiger partial charge in [0.15, 0.2) is 0 Å². The molecule has 0 saturated carbocycles. The highest BCUT2D eigenvalue weighted by Crippen LogP contribution is 2.40. The number of benzene rings is 7. The average Bonchev–Trinajstić information content (AvgIpc) is 3.51.